The van der Waals surface area contributed by atoms with Gasteiger partial charge in [-0.3, -0.25) is 0 Å². The molecular formula is C15H19N6O4P. The van der Waals surface area contributed by atoms with E-state index >= 15 is 0 Å². The molecule has 138 valence electrons. The van der Waals surface area contributed by atoms with Gasteiger partial charge in [0.15, 0.2) is 17.8 Å². The molecule has 0 saturated carbocycles. The van der Waals surface area contributed by atoms with E-state index < -0.39 is 7.60 Å². The van der Waals surface area contributed by atoms with Crippen molar-refractivity contribution >= 4 is 30.5 Å². The Morgan fingerprint density at radius 1 is 1.19 bits per heavy atom. The fourth-order valence-electron chi connectivity index (χ4n) is 2.24. The summed E-state index contributed by atoms with van der Waals surface area (Å²) in [4.78, 5) is 12.1. The van der Waals surface area contributed by atoms with Crippen molar-refractivity contribution in [1.29, 1.82) is 0 Å². The molecule has 10 nitrogen and oxygen atoms in total. The van der Waals surface area contributed by atoms with E-state index in [0.717, 1.165) is 0 Å². The van der Waals surface area contributed by atoms with Crippen molar-refractivity contribution in [2.24, 2.45) is 0 Å². The van der Waals surface area contributed by atoms with Gasteiger partial charge >= 0.3 is 7.60 Å². The fourth-order valence-corrected chi connectivity index (χ4v) is 3.27. The number of aromatic nitrogens is 4. The average molecular weight is 378 g/mol. The highest BCUT2D eigenvalue weighted by Crippen LogP contribution is 2.47. The van der Waals surface area contributed by atoms with Crippen LogP contribution in [0, 0.1) is 0 Å². The van der Waals surface area contributed by atoms with Gasteiger partial charge in [-0.2, -0.15) is 9.97 Å². The zero-order chi connectivity index (χ0) is 18.6. The molecule has 0 aliphatic heterocycles. The van der Waals surface area contributed by atoms with Crippen molar-refractivity contribution in [3.8, 4) is 5.75 Å². The summed E-state index contributed by atoms with van der Waals surface area (Å²) in [6.45, 7) is 0.641. The lowest BCUT2D eigenvalue weighted by molar-refractivity contribution is 0.146. The topological polar surface area (TPSA) is 140 Å². The zero-order valence-electron chi connectivity index (χ0n) is 14.1. The average Bonchev–Trinajstić information content (AvgIpc) is 3.03. The lowest BCUT2D eigenvalue weighted by Crippen LogP contribution is -2.10. The van der Waals surface area contributed by atoms with E-state index in [9.17, 15) is 4.57 Å². The fraction of sp³-hybridized carbons (Fsp3) is 0.267. The van der Waals surface area contributed by atoms with E-state index in [1.165, 1.54) is 7.11 Å². The molecule has 0 aliphatic carbocycles. The second-order valence-electron chi connectivity index (χ2n) is 5.31. The van der Waals surface area contributed by atoms with Crippen LogP contribution in [-0.4, -0.2) is 39.6 Å². The predicted octanol–water partition coefficient (Wildman–Crippen LogP) is 1.88. The number of rotatable bonds is 8. The van der Waals surface area contributed by atoms with Crippen LogP contribution in [0.4, 0.5) is 11.8 Å². The summed E-state index contributed by atoms with van der Waals surface area (Å²) in [5.41, 5.74) is 12.4. The SMILES string of the molecule is COP(=O)(COCCn1cnc2c(N)nc(N)nc21)Oc1ccccc1. The van der Waals surface area contributed by atoms with Crippen molar-refractivity contribution in [2.45, 2.75) is 6.54 Å². The van der Waals surface area contributed by atoms with E-state index in [2.05, 4.69) is 15.0 Å². The Kier molecular flexibility index (Phi) is 5.36. The minimum Gasteiger partial charge on any atom is -0.423 e. The number of para-hydroxylation sites is 1. The van der Waals surface area contributed by atoms with Gasteiger partial charge in [0.2, 0.25) is 5.95 Å². The molecule has 11 heteroatoms. The minimum atomic E-state index is -3.41. The van der Waals surface area contributed by atoms with Crippen LogP contribution in [-0.2, 0) is 20.4 Å². The number of benzene rings is 1. The van der Waals surface area contributed by atoms with Gasteiger partial charge in [-0.05, 0) is 12.1 Å². The second kappa shape index (κ2) is 7.69. The highest BCUT2D eigenvalue weighted by Gasteiger charge is 2.25. The monoisotopic (exact) mass is 378 g/mol. The summed E-state index contributed by atoms with van der Waals surface area (Å²) in [6, 6.07) is 8.77. The number of ether oxygens (including phenoxy) is 1. The maximum atomic E-state index is 12.6. The second-order valence-corrected chi connectivity index (χ2v) is 7.34. The molecule has 2 aromatic heterocycles. The molecule has 0 radical (unpaired) electrons. The first-order valence-electron chi connectivity index (χ1n) is 7.72. The Hall–Kier alpha value is -2.68. The molecule has 4 N–H and O–H groups in total. The van der Waals surface area contributed by atoms with Crippen molar-refractivity contribution in [2.75, 3.05) is 31.5 Å². The Labute approximate surface area is 149 Å². The maximum Gasteiger partial charge on any atom is 0.404 e. The van der Waals surface area contributed by atoms with E-state index in [4.69, 9.17) is 25.3 Å². The first-order valence-corrected chi connectivity index (χ1v) is 9.44. The number of imidazole rings is 1. The molecule has 0 bridgehead atoms. The van der Waals surface area contributed by atoms with Gasteiger partial charge in [0.05, 0.1) is 12.9 Å². The van der Waals surface area contributed by atoms with E-state index in [1.54, 1.807) is 35.2 Å². The Morgan fingerprint density at radius 2 is 1.96 bits per heavy atom. The van der Waals surface area contributed by atoms with Crippen molar-refractivity contribution in [3.63, 3.8) is 0 Å². The van der Waals surface area contributed by atoms with Crippen LogP contribution in [0.5, 0.6) is 5.75 Å². The molecule has 0 fully saturated rings. The van der Waals surface area contributed by atoms with Crippen LogP contribution < -0.4 is 16.0 Å². The Balaban J connectivity index is 1.59. The summed E-state index contributed by atoms with van der Waals surface area (Å²) in [6.07, 6.45) is 1.37. The number of hydrogen-bond donors (Lipinski definition) is 2. The van der Waals surface area contributed by atoms with Crippen LogP contribution >= 0.6 is 7.60 Å². The molecule has 26 heavy (non-hydrogen) atoms. The van der Waals surface area contributed by atoms with Crippen molar-refractivity contribution in [3.05, 3.63) is 36.7 Å². The lowest BCUT2D eigenvalue weighted by atomic mass is 10.3. The summed E-state index contributed by atoms with van der Waals surface area (Å²) in [7, 11) is -2.09. The molecule has 0 aliphatic rings. The smallest absolute Gasteiger partial charge is 0.404 e. The lowest BCUT2D eigenvalue weighted by Gasteiger charge is -2.17. The number of fused-ring (bicyclic) bond motifs is 1. The number of hydrogen-bond acceptors (Lipinski definition) is 9. The molecule has 0 amide bonds. The molecule has 3 rings (SSSR count). The van der Waals surface area contributed by atoms with Gasteiger partial charge < -0.3 is 29.8 Å². The predicted molar refractivity (Wildman–Crippen MR) is 96.7 cm³/mol. The third kappa shape index (κ3) is 4.10. The molecule has 3 aromatic rings. The third-order valence-corrected chi connectivity index (χ3v) is 5.04. The van der Waals surface area contributed by atoms with Gasteiger partial charge in [-0.15, -0.1) is 0 Å². The van der Waals surface area contributed by atoms with Crippen LogP contribution in [0.2, 0.25) is 0 Å². The Bertz CT molecular complexity index is 933. The summed E-state index contributed by atoms with van der Waals surface area (Å²) >= 11 is 0. The summed E-state index contributed by atoms with van der Waals surface area (Å²) in [5, 5.41) is 0. The number of nitrogens with zero attached hydrogens (tertiary/aromatic N) is 4. The highest BCUT2D eigenvalue weighted by molar-refractivity contribution is 7.54. The molecule has 0 saturated heterocycles. The molecule has 1 aromatic carbocycles. The van der Waals surface area contributed by atoms with Crippen molar-refractivity contribution in [1.82, 2.24) is 19.5 Å². The molecule has 1 unspecified atom stereocenters. The van der Waals surface area contributed by atoms with Gasteiger partial charge in [0.1, 0.15) is 11.3 Å². The van der Waals surface area contributed by atoms with Crippen LogP contribution in [0.15, 0.2) is 36.7 Å². The highest BCUT2D eigenvalue weighted by atomic mass is 31.2. The quantitative estimate of drug-likeness (QED) is 0.444. The van der Waals surface area contributed by atoms with Gasteiger partial charge in [-0.25, -0.2) is 9.55 Å². The molecule has 2 heterocycles. The number of anilines is 2. The van der Waals surface area contributed by atoms with Crippen molar-refractivity contribution < 1.29 is 18.3 Å². The van der Waals surface area contributed by atoms with Gasteiger partial charge in [0.25, 0.3) is 0 Å². The van der Waals surface area contributed by atoms with Crippen LogP contribution in [0.3, 0.4) is 0 Å². The molecular weight excluding hydrogens is 359 g/mol. The van der Waals surface area contributed by atoms with Gasteiger partial charge in [0, 0.05) is 13.7 Å². The maximum absolute atomic E-state index is 12.6. The minimum absolute atomic E-state index is 0.0674. The number of nitrogen functional groups attached to an aromatic ring is 2. The van der Waals surface area contributed by atoms with Crippen LogP contribution in [0.25, 0.3) is 11.2 Å². The summed E-state index contributed by atoms with van der Waals surface area (Å²) in [5.74, 6) is 0.731. The third-order valence-electron chi connectivity index (χ3n) is 3.50. The van der Waals surface area contributed by atoms with E-state index in [0.29, 0.717) is 23.5 Å². The van der Waals surface area contributed by atoms with Crippen LogP contribution in [0.1, 0.15) is 0 Å². The number of nitrogens with two attached hydrogens (primary N) is 2. The van der Waals surface area contributed by atoms with E-state index in [-0.39, 0.29) is 24.7 Å². The molecule has 0 spiro atoms. The van der Waals surface area contributed by atoms with E-state index in [1.807, 2.05) is 6.07 Å². The molecule has 1 atom stereocenters. The standard InChI is InChI=1S/C15H19N6O4P/c1-23-26(22,25-11-5-3-2-4-6-11)10-24-8-7-21-9-18-12-13(16)19-15(17)20-14(12)21/h2-6,9H,7-8,10H2,1H3,(H4,16,17,19,20). The Morgan fingerprint density at radius 3 is 2.69 bits per heavy atom. The summed E-state index contributed by atoms with van der Waals surface area (Å²) < 4.78 is 30.2. The first-order chi connectivity index (χ1) is 12.5. The van der Waals surface area contributed by atoms with Gasteiger partial charge in [-0.1, -0.05) is 18.2 Å². The largest absolute Gasteiger partial charge is 0.423 e. The normalized spacial score (nSPS) is 13.6. The zero-order valence-corrected chi connectivity index (χ0v) is 15.0. The first kappa shape index (κ1) is 18.1.